The van der Waals surface area contributed by atoms with E-state index in [1.165, 1.54) is 5.56 Å². The number of aryl methyl sites for hydroxylation is 1. The van der Waals surface area contributed by atoms with Crippen molar-refractivity contribution >= 4 is 11.9 Å². The third-order valence-corrected chi connectivity index (χ3v) is 5.12. The number of benzene rings is 1. The molecule has 2 aromatic rings. The number of aliphatic imine (C=N–C) groups is 1. The molecule has 1 saturated heterocycles. The Balaban J connectivity index is 1.45. The normalized spacial score (nSPS) is 15.2. The zero-order chi connectivity index (χ0) is 21.2. The van der Waals surface area contributed by atoms with Crippen molar-refractivity contribution in [3.8, 4) is 5.75 Å². The maximum atomic E-state index is 5.49. The van der Waals surface area contributed by atoms with Gasteiger partial charge in [-0.2, -0.15) is 0 Å². The second-order valence-electron chi connectivity index (χ2n) is 7.31. The topological polar surface area (TPSA) is 77.9 Å². The lowest BCUT2D eigenvalue weighted by Crippen LogP contribution is -2.49. The predicted molar refractivity (Wildman–Crippen MR) is 121 cm³/mol. The van der Waals surface area contributed by atoms with E-state index < -0.39 is 0 Å². The average Bonchev–Trinajstić information content (AvgIpc) is 2.79. The smallest absolute Gasteiger partial charge is 0.225 e. The summed E-state index contributed by atoms with van der Waals surface area (Å²) in [7, 11) is 1.70. The first-order valence-electron chi connectivity index (χ1n) is 10.6. The zero-order valence-electron chi connectivity index (χ0n) is 18.3. The molecule has 0 bridgehead atoms. The summed E-state index contributed by atoms with van der Waals surface area (Å²) in [4.78, 5) is 18.1. The van der Waals surface area contributed by atoms with Gasteiger partial charge in [-0.25, -0.2) is 15.0 Å². The zero-order valence-corrected chi connectivity index (χ0v) is 18.3. The van der Waals surface area contributed by atoms with E-state index >= 15 is 0 Å². The van der Waals surface area contributed by atoms with Crippen LogP contribution in [-0.4, -0.2) is 73.8 Å². The molecule has 8 nitrogen and oxygen atoms in total. The number of hydrogen-bond acceptors (Lipinski definition) is 6. The number of piperazine rings is 1. The van der Waals surface area contributed by atoms with Gasteiger partial charge >= 0.3 is 0 Å². The molecule has 1 aromatic carbocycles. The van der Waals surface area contributed by atoms with E-state index in [9.17, 15) is 0 Å². The monoisotopic (exact) mass is 411 g/mol. The number of anilines is 1. The molecule has 0 atom stereocenters. The predicted octanol–water partition coefficient (Wildman–Crippen LogP) is 1.67. The second kappa shape index (κ2) is 11.3. The van der Waals surface area contributed by atoms with E-state index in [-0.39, 0.29) is 0 Å². The Morgan fingerprint density at radius 1 is 1.13 bits per heavy atom. The highest BCUT2D eigenvalue weighted by Crippen LogP contribution is 2.20. The first kappa shape index (κ1) is 21.8. The molecule has 1 fully saturated rings. The first-order chi connectivity index (χ1) is 14.7. The highest BCUT2D eigenvalue weighted by Gasteiger charge is 2.18. The third-order valence-electron chi connectivity index (χ3n) is 5.12. The molecule has 1 aliphatic rings. The minimum atomic E-state index is 0.578. The van der Waals surface area contributed by atoms with E-state index in [1.807, 2.05) is 12.1 Å². The minimum Gasteiger partial charge on any atom is -0.496 e. The minimum absolute atomic E-state index is 0.578. The molecule has 2 heterocycles. The summed E-state index contributed by atoms with van der Waals surface area (Å²) in [5.41, 5.74) is 2.27. The molecule has 162 valence electrons. The third kappa shape index (κ3) is 6.32. The molecule has 3 rings (SSSR count). The molecule has 30 heavy (non-hydrogen) atoms. The van der Waals surface area contributed by atoms with Crippen molar-refractivity contribution < 1.29 is 4.74 Å². The summed E-state index contributed by atoms with van der Waals surface area (Å²) < 4.78 is 5.49. The van der Waals surface area contributed by atoms with Crippen LogP contribution in [0, 0.1) is 6.92 Å². The Kier molecular flexibility index (Phi) is 8.26. The van der Waals surface area contributed by atoms with Gasteiger partial charge in [0.2, 0.25) is 5.95 Å². The maximum absolute atomic E-state index is 5.49. The van der Waals surface area contributed by atoms with Gasteiger partial charge in [0.25, 0.3) is 0 Å². The lowest BCUT2D eigenvalue weighted by atomic mass is 10.1. The molecule has 1 aliphatic heterocycles. The van der Waals surface area contributed by atoms with Crippen molar-refractivity contribution in [3.05, 3.63) is 47.8 Å². The van der Waals surface area contributed by atoms with Crippen LogP contribution in [0.2, 0.25) is 0 Å². The Hall–Kier alpha value is -2.87. The van der Waals surface area contributed by atoms with Gasteiger partial charge in [0, 0.05) is 63.8 Å². The van der Waals surface area contributed by atoms with Crippen LogP contribution < -0.4 is 20.3 Å². The molecule has 0 amide bonds. The molecular formula is C22H33N7O. The number of aromatic nitrogens is 2. The SMILES string of the molecule is CCNC(=NCc1ccc(C)cc1OC)NCCN1CCN(c2ncccn2)CC1. The molecule has 0 radical (unpaired) electrons. The standard InChI is InChI=1S/C22H33N7O/c1-4-23-21(27-17-19-7-6-18(2)16-20(19)30-3)24-10-11-28-12-14-29(15-13-28)22-25-8-5-9-26-22/h5-9,16H,4,10-15,17H2,1-3H3,(H2,23,24,27). The van der Waals surface area contributed by atoms with Crippen LogP contribution in [0.25, 0.3) is 0 Å². The fraction of sp³-hybridized carbons (Fsp3) is 0.500. The molecular weight excluding hydrogens is 378 g/mol. The van der Waals surface area contributed by atoms with Crippen molar-refractivity contribution in [2.75, 3.05) is 57.8 Å². The number of nitrogens with zero attached hydrogens (tertiary/aromatic N) is 5. The summed E-state index contributed by atoms with van der Waals surface area (Å²) in [6.07, 6.45) is 3.60. The van der Waals surface area contributed by atoms with E-state index in [4.69, 9.17) is 9.73 Å². The number of ether oxygens (including phenoxy) is 1. The highest BCUT2D eigenvalue weighted by molar-refractivity contribution is 5.79. The van der Waals surface area contributed by atoms with E-state index in [0.29, 0.717) is 6.54 Å². The summed E-state index contributed by atoms with van der Waals surface area (Å²) >= 11 is 0. The van der Waals surface area contributed by atoms with Crippen molar-refractivity contribution in [1.29, 1.82) is 0 Å². The number of methoxy groups -OCH3 is 1. The Morgan fingerprint density at radius 3 is 2.60 bits per heavy atom. The van der Waals surface area contributed by atoms with E-state index in [1.54, 1.807) is 19.5 Å². The summed E-state index contributed by atoms with van der Waals surface area (Å²) in [6.45, 7) is 11.3. The van der Waals surface area contributed by atoms with Crippen molar-refractivity contribution in [1.82, 2.24) is 25.5 Å². The van der Waals surface area contributed by atoms with Gasteiger partial charge in [-0.05, 0) is 31.5 Å². The van der Waals surface area contributed by atoms with Crippen LogP contribution in [0.3, 0.4) is 0 Å². The lowest BCUT2D eigenvalue weighted by Gasteiger charge is -2.34. The van der Waals surface area contributed by atoms with Gasteiger partial charge in [-0.15, -0.1) is 0 Å². The Morgan fingerprint density at radius 2 is 1.90 bits per heavy atom. The second-order valence-corrected chi connectivity index (χ2v) is 7.31. The number of nitrogens with one attached hydrogen (secondary N) is 2. The fourth-order valence-electron chi connectivity index (χ4n) is 3.45. The molecule has 0 aliphatic carbocycles. The van der Waals surface area contributed by atoms with Crippen LogP contribution in [0.15, 0.2) is 41.7 Å². The highest BCUT2D eigenvalue weighted by atomic mass is 16.5. The van der Waals surface area contributed by atoms with Gasteiger partial charge in [0.15, 0.2) is 5.96 Å². The molecule has 0 unspecified atom stereocenters. The van der Waals surface area contributed by atoms with Gasteiger partial charge in [0.05, 0.1) is 13.7 Å². The molecule has 0 spiro atoms. The fourth-order valence-corrected chi connectivity index (χ4v) is 3.45. The first-order valence-corrected chi connectivity index (χ1v) is 10.6. The summed E-state index contributed by atoms with van der Waals surface area (Å²) in [5, 5.41) is 6.77. The maximum Gasteiger partial charge on any atom is 0.225 e. The van der Waals surface area contributed by atoms with Crippen LogP contribution in [0.5, 0.6) is 5.75 Å². The van der Waals surface area contributed by atoms with Gasteiger partial charge in [-0.1, -0.05) is 12.1 Å². The summed E-state index contributed by atoms with van der Waals surface area (Å²) in [5.74, 6) is 2.54. The van der Waals surface area contributed by atoms with Crippen LogP contribution in [0.1, 0.15) is 18.1 Å². The Labute approximate surface area is 179 Å². The number of guanidine groups is 1. The average molecular weight is 412 g/mol. The van der Waals surface area contributed by atoms with Crippen molar-refractivity contribution in [2.24, 2.45) is 4.99 Å². The van der Waals surface area contributed by atoms with Crippen molar-refractivity contribution in [2.45, 2.75) is 20.4 Å². The largest absolute Gasteiger partial charge is 0.496 e. The molecule has 8 heteroatoms. The van der Waals surface area contributed by atoms with Crippen LogP contribution in [-0.2, 0) is 6.54 Å². The van der Waals surface area contributed by atoms with Gasteiger partial charge < -0.3 is 20.3 Å². The summed E-state index contributed by atoms with van der Waals surface area (Å²) in [6, 6.07) is 8.07. The van der Waals surface area contributed by atoms with Crippen LogP contribution in [0.4, 0.5) is 5.95 Å². The molecule has 2 N–H and O–H groups in total. The Bertz CT molecular complexity index is 804. The lowest BCUT2D eigenvalue weighted by molar-refractivity contribution is 0.260. The van der Waals surface area contributed by atoms with Gasteiger partial charge in [0.1, 0.15) is 5.75 Å². The van der Waals surface area contributed by atoms with Gasteiger partial charge in [-0.3, -0.25) is 4.90 Å². The number of rotatable bonds is 8. The molecule has 0 saturated carbocycles. The van der Waals surface area contributed by atoms with E-state index in [2.05, 4.69) is 56.4 Å². The van der Waals surface area contributed by atoms with Crippen molar-refractivity contribution in [3.63, 3.8) is 0 Å². The number of hydrogen-bond donors (Lipinski definition) is 2. The molecule has 1 aromatic heterocycles. The van der Waals surface area contributed by atoms with Crippen LogP contribution >= 0.6 is 0 Å². The quantitative estimate of drug-likeness (QED) is 0.505. The van der Waals surface area contributed by atoms with E-state index in [0.717, 1.165) is 69.0 Å².